The first-order valence-electron chi connectivity index (χ1n) is 3.30. The lowest BCUT2D eigenvalue weighted by Gasteiger charge is -2.04. The highest BCUT2D eigenvalue weighted by Crippen LogP contribution is 1.98. The Kier molecular flexibility index (Phi) is 4.90. The number of hydrogen-bond donors (Lipinski definition) is 1. The smallest absolute Gasteiger partial charge is 0.415 e. The van der Waals surface area contributed by atoms with Crippen LogP contribution < -0.4 is 17.3 Å². The Morgan fingerprint density at radius 2 is 1.83 bits per heavy atom. The molecule has 1 rings (SSSR count). The summed E-state index contributed by atoms with van der Waals surface area (Å²) in [5.41, 5.74) is 0.882. The van der Waals surface area contributed by atoms with Crippen molar-refractivity contribution in [1.82, 2.24) is 0 Å². The molecule has 0 aliphatic heterocycles. The fourth-order valence-electron chi connectivity index (χ4n) is 0.802. The molecule has 0 saturated carbocycles. The van der Waals surface area contributed by atoms with Gasteiger partial charge in [-0.05, 0) is 12.1 Å². The first-order valence-corrected chi connectivity index (χ1v) is 3.68. The van der Waals surface area contributed by atoms with Crippen LogP contribution in [-0.4, -0.2) is 12.4 Å². The predicted octanol–water partition coefficient (Wildman–Crippen LogP) is -1.80. The minimum absolute atomic E-state index is 0. The second kappa shape index (κ2) is 5.14. The maximum Gasteiger partial charge on any atom is 0.415 e. The molecular weight excluding hydrogens is 197 g/mol. The van der Waals surface area contributed by atoms with Gasteiger partial charge in [-0.15, -0.1) is 0 Å². The molecule has 2 nitrogen and oxygen atoms in total. The third-order valence-electron chi connectivity index (χ3n) is 1.50. The predicted molar refractivity (Wildman–Crippen MR) is 44.2 cm³/mol. The fraction of sp³-hybridized carbons (Fsp3) is 0.125. The molecule has 12 heavy (non-hydrogen) atoms. The van der Waals surface area contributed by atoms with Gasteiger partial charge in [0.1, 0.15) is 5.69 Å². The molecule has 1 N–H and O–H groups in total. The summed E-state index contributed by atoms with van der Waals surface area (Å²) in [5.74, 6) is 0. The van der Waals surface area contributed by atoms with Crippen molar-refractivity contribution in [2.75, 3.05) is 7.05 Å². The summed E-state index contributed by atoms with van der Waals surface area (Å²) in [6, 6.07) is 9.36. The Labute approximate surface area is 82.5 Å². The number of nitrogens with one attached hydrogen (secondary N) is 1. The van der Waals surface area contributed by atoms with Crippen molar-refractivity contribution < 1.29 is 22.1 Å². The molecule has 0 radical (unpaired) electrons. The lowest BCUT2D eigenvalue weighted by Crippen LogP contribution is -3.05. The molecule has 0 heterocycles. The molecule has 0 fully saturated rings. The molecule has 1 atom stereocenters. The van der Waals surface area contributed by atoms with E-state index in [4.69, 9.17) is 11.6 Å². The van der Waals surface area contributed by atoms with Gasteiger partial charge in [-0.1, -0.05) is 18.2 Å². The number of benzene rings is 1. The first kappa shape index (κ1) is 11.4. The van der Waals surface area contributed by atoms with E-state index in [0.717, 1.165) is 5.69 Å². The monoisotopic (exact) mass is 205 g/mol. The van der Waals surface area contributed by atoms with Crippen LogP contribution in [0.4, 0.5) is 10.5 Å². The van der Waals surface area contributed by atoms with Crippen LogP contribution in [0.25, 0.3) is 0 Å². The number of para-hydroxylation sites is 1. The molecule has 1 aromatic rings. The van der Waals surface area contributed by atoms with Crippen molar-refractivity contribution in [3.63, 3.8) is 0 Å². The van der Waals surface area contributed by atoms with Gasteiger partial charge in [0.2, 0.25) is 0 Å². The molecule has 0 spiro atoms. The highest BCUT2D eigenvalue weighted by atomic mass is 35.5. The van der Waals surface area contributed by atoms with Crippen LogP contribution in [0.3, 0.4) is 0 Å². The van der Waals surface area contributed by atoms with E-state index < -0.39 is 5.37 Å². The summed E-state index contributed by atoms with van der Waals surface area (Å²) < 4.78 is 0. The second-order valence-corrected chi connectivity index (χ2v) is 2.61. The molecule has 1 aromatic carbocycles. The summed E-state index contributed by atoms with van der Waals surface area (Å²) in [5, 5.41) is -0.392. The van der Waals surface area contributed by atoms with Crippen molar-refractivity contribution in [2.45, 2.75) is 0 Å². The van der Waals surface area contributed by atoms with Gasteiger partial charge in [0.15, 0.2) is 0 Å². The lowest BCUT2D eigenvalue weighted by molar-refractivity contribution is -0.710. The van der Waals surface area contributed by atoms with Crippen LogP contribution in [0, 0.1) is 0 Å². The van der Waals surface area contributed by atoms with E-state index in [2.05, 4.69) is 0 Å². The molecule has 0 bridgehead atoms. The Morgan fingerprint density at radius 3 is 2.25 bits per heavy atom. The van der Waals surface area contributed by atoms with E-state index in [0.29, 0.717) is 4.90 Å². The van der Waals surface area contributed by atoms with Gasteiger partial charge < -0.3 is 12.4 Å². The molecule has 4 heteroatoms. The van der Waals surface area contributed by atoms with Crippen molar-refractivity contribution in [3.8, 4) is 0 Å². The molecular formula is C8H9Cl2NO. The largest absolute Gasteiger partial charge is 1.00 e. The summed E-state index contributed by atoms with van der Waals surface area (Å²) in [6.45, 7) is 0. The second-order valence-electron chi connectivity index (χ2n) is 2.26. The number of halogens is 2. The number of amides is 1. The van der Waals surface area contributed by atoms with Crippen LogP contribution in [0.1, 0.15) is 0 Å². The summed E-state index contributed by atoms with van der Waals surface area (Å²) in [4.78, 5) is 11.3. The molecule has 0 saturated heterocycles. The van der Waals surface area contributed by atoms with Crippen LogP contribution in [-0.2, 0) is 0 Å². The summed E-state index contributed by atoms with van der Waals surface area (Å²) in [6.07, 6.45) is 0. The minimum atomic E-state index is -0.392. The lowest BCUT2D eigenvalue weighted by atomic mass is 10.3. The van der Waals surface area contributed by atoms with Crippen molar-refractivity contribution in [2.24, 2.45) is 0 Å². The van der Waals surface area contributed by atoms with Crippen molar-refractivity contribution in [1.29, 1.82) is 0 Å². The normalized spacial score (nSPS) is 11.5. The van der Waals surface area contributed by atoms with Crippen LogP contribution >= 0.6 is 11.6 Å². The number of carbonyl (C=O) groups is 1. The standard InChI is InChI=1S/C8H8ClNO.ClH/c1-10(8(9)11)7-5-3-2-4-6-7;/h2-6H,1H3;1H. The van der Waals surface area contributed by atoms with Gasteiger partial charge in [0.05, 0.1) is 7.05 Å². The Morgan fingerprint density at radius 1 is 1.33 bits per heavy atom. The van der Waals surface area contributed by atoms with Crippen LogP contribution in [0.15, 0.2) is 30.3 Å². The molecule has 1 unspecified atom stereocenters. The molecule has 0 aliphatic carbocycles. The fourth-order valence-corrected chi connectivity index (χ4v) is 0.911. The van der Waals surface area contributed by atoms with E-state index >= 15 is 0 Å². The molecule has 66 valence electrons. The third kappa shape index (κ3) is 2.81. The van der Waals surface area contributed by atoms with Gasteiger partial charge in [0.25, 0.3) is 0 Å². The van der Waals surface area contributed by atoms with Gasteiger partial charge in [-0.3, -0.25) is 0 Å². The van der Waals surface area contributed by atoms with Crippen molar-refractivity contribution >= 4 is 22.7 Å². The van der Waals surface area contributed by atoms with Gasteiger partial charge in [-0.2, -0.15) is 0 Å². The highest BCUT2D eigenvalue weighted by Gasteiger charge is 2.12. The zero-order valence-electron chi connectivity index (χ0n) is 6.55. The maximum atomic E-state index is 10.7. The topological polar surface area (TPSA) is 21.5 Å². The summed E-state index contributed by atoms with van der Waals surface area (Å²) >= 11 is 5.29. The number of hydrogen-bond acceptors (Lipinski definition) is 1. The highest BCUT2D eigenvalue weighted by molar-refractivity contribution is 6.60. The van der Waals surface area contributed by atoms with Crippen molar-refractivity contribution in [3.05, 3.63) is 30.3 Å². The summed E-state index contributed by atoms with van der Waals surface area (Å²) in [7, 11) is 1.71. The maximum absolute atomic E-state index is 10.7. The third-order valence-corrected chi connectivity index (χ3v) is 1.79. The average molecular weight is 206 g/mol. The van der Waals surface area contributed by atoms with E-state index in [1.54, 1.807) is 7.05 Å². The van der Waals surface area contributed by atoms with E-state index in [1.807, 2.05) is 30.3 Å². The van der Waals surface area contributed by atoms with E-state index in [9.17, 15) is 4.79 Å². The van der Waals surface area contributed by atoms with Crippen LogP contribution in [0.2, 0.25) is 0 Å². The number of carbonyl (C=O) groups excluding carboxylic acids is 1. The zero-order valence-corrected chi connectivity index (χ0v) is 8.06. The van der Waals surface area contributed by atoms with E-state index in [1.165, 1.54) is 0 Å². The molecule has 0 aliphatic rings. The average Bonchev–Trinajstić information content (AvgIpc) is 2.05. The molecule has 1 amide bonds. The minimum Gasteiger partial charge on any atom is -1.00 e. The van der Waals surface area contributed by atoms with Gasteiger partial charge in [0, 0.05) is 11.6 Å². The van der Waals surface area contributed by atoms with Gasteiger partial charge in [-0.25, -0.2) is 9.69 Å². The SMILES string of the molecule is C[NH+](C(=O)Cl)c1ccccc1.[Cl-]. The Balaban J connectivity index is 0.00000121. The molecule has 0 aromatic heterocycles. The number of rotatable bonds is 1. The van der Waals surface area contributed by atoms with Gasteiger partial charge >= 0.3 is 5.37 Å². The number of quaternary nitrogens is 1. The first-order chi connectivity index (χ1) is 5.22. The Bertz CT molecular complexity index is 250. The quantitative estimate of drug-likeness (QED) is 0.424. The Hall–Kier alpha value is -0.570. The van der Waals surface area contributed by atoms with E-state index in [-0.39, 0.29) is 12.4 Å². The zero-order chi connectivity index (χ0) is 8.27. The van der Waals surface area contributed by atoms with Crippen LogP contribution in [0.5, 0.6) is 0 Å².